The number of carbonyl (C=O) groups excluding carboxylic acids is 3. The van der Waals surface area contributed by atoms with Crippen LogP contribution in [0.2, 0.25) is 0 Å². The first-order valence-electron chi connectivity index (χ1n) is 10.4. The largest absolute Gasteiger partial charge is 0.444 e. The van der Waals surface area contributed by atoms with E-state index in [1.54, 1.807) is 20.8 Å². The molecule has 0 atom stereocenters. The number of benzene rings is 1. The number of thiocarbonyl (C=S) groups is 1. The molecule has 0 radical (unpaired) electrons. The SMILES string of the molecule is CC(C)(C)OC(=O)N1CCc2c(sc(NC(=S)NC(=O)c3ccc(C(F)(F)F)cc3)c2C(N)=O)C1. The minimum atomic E-state index is -4.52. The third-order valence-electron chi connectivity index (χ3n) is 4.88. The van der Waals surface area contributed by atoms with Crippen LogP contribution in [0.25, 0.3) is 0 Å². The Labute approximate surface area is 208 Å². The molecule has 2 aromatic rings. The zero-order chi connectivity index (χ0) is 26.1. The number of anilines is 1. The molecule has 3 rings (SSSR count). The molecule has 188 valence electrons. The molecule has 2 heterocycles. The molecule has 35 heavy (non-hydrogen) atoms. The number of carbonyl (C=O) groups is 3. The molecule has 3 amide bonds. The van der Waals surface area contributed by atoms with Crippen molar-refractivity contribution in [2.24, 2.45) is 5.73 Å². The topological polar surface area (TPSA) is 114 Å². The van der Waals surface area contributed by atoms with Crippen molar-refractivity contribution >= 4 is 51.6 Å². The molecule has 0 aliphatic carbocycles. The fourth-order valence-electron chi connectivity index (χ4n) is 3.35. The van der Waals surface area contributed by atoms with Gasteiger partial charge < -0.3 is 20.7 Å². The molecule has 1 aliphatic heterocycles. The maximum absolute atomic E-state index is 12.7. The van der Waals surface area contributed by atoms with Gasteiger partial charge in [0.05, 0.1) is 17.7 Å². The van der Waals surface area contributed by atoms with Gasteiger partial charge in [-0.2, -0.15) is 13.2 Å². The lowest BCUT2D eigenvalue weighted by atomic mass is 10.0. The van der Waals surface area contributed by atoms with Gasteiger partial charge in [-0.05, 0) is 69.2 Å². The third-order valence-corrected chi connectivity index (χ3v) is 6.22. The Hall–Kier alpha value is -3.19. The Bertz CT molecular complexity index is 1170. The van der Waals surface area contributed by atoms with Crippen LogP contribution in [0, 0.1) is 0 Å². The van der Waals surface area contributed by atoms with Crippen LogP contribution in [0.4, 0.5) is 23.0 Å². The number of fused-ring (bicyclic) bond motifs is 1. The van der Waals surface area contributed by atoms with E-state index in [2.05, 4.69) is 10.6 Å². The van der Waals surface area contributed by atoms with E-state index in [0.717, 1.165) is 40.5 Å². The van der Waals surface area contributed by atoms with Gasteiger partial charge in [0.1, 0.15) is 10.6 Å². The highest BCUT2D eigenvalue weighted by atomic mass is 32.1. The normalized spacial score (nSPS) is 13.6. The Morgan fingerprint density at radius 2 is 1.77 bits per heavy atom. The van der Waals surface area contributed by atoms with Crippen LogP contribution in [0.5, 0.6) is 0 Å². The molecule has 0 unspecified atom stereocenters. The highest BCUT2D eigenvalue weighted by Gasteiger charge is 2.32. The molecule has 4 N–H and O–H groups in total. The molecular formula is C22H23F3N4O4S2. The van der Waals surface area contributed by atoms with Crippen molar-refractivity contribution < 1.29 is 32.3 Å². The quantitative estimate of drug-likeness (QED) is 0.513. The van der Waals surface area contributed by atoms with Gasteiger partial charge in [-0.3, -0.25) is 14.9 Å². The number of hydrogen-bond donors (Lipinski definition) is 3. The second kappa shape index (κ2) is 9.82. The van der Waals surface area contributed by atoms with E-state index in [4.69, 9.17) is 22.7 Å². The molecule has 1 aromatic carbocycles. The standard InChI is InChI=1S/C22H23F3N4O4S2/c1-21(2,3)33-20(32)29-9-8-13-14(10-29)35-18(15(13)16(26)30)28-19(34)27-17(31)11-4-6-12(7-5-11)22(23,24)25/h4-7H,8-10H2,1-3H3,(H2,26,30)(H2,27,28,31,34). The summed E-state index contributed by atoms with van der Waals surface area (Å²) in [6, 6.07) is 3.65. The van der Waals surface area contributed by atoms with Crippen LogP contribution in [0.15, 0.2) is 24.3 Å². The molecule has 1 aliphatic rings. The van der Waals surface area contributed by atoms with E-state index in [1.165, 1.54) is 4.90 Å². The lowest BCUT2D eigenvalue weighted by molar-refractivity contribution is -0.137. The number of nitrogens with zero attached hydrogens (tertiary/aromatic N) is 1. The molecule has 8 nitrogen and oxygen atoms in total. The second-order valence-electron chi connectivity index (χ2n) is 8.71. The summed E-state index contributed by atoms with van der Waals surface area (Å²) in [5.41, 5.74) is 4.90. The summed E-state index contributed by atoms with van der Waals surface area (Å²) < 4.78 is 43.6. The number of ether oxygens (including phenoxy) is 1. The minimum Gasteiger partial charge on any atom is -0.444 e. The van der Waals surface area contributed by atoms with Crippen LogP contribution in [0.1, 0.15) is 57.5 Å². The van der Waals surface area contributed by atoms with Gasteiger partial charge in [0.15, 0.2) is 5.11 Å². The van der Waals surface area contributed by atoms with Crippen LogP contribution in [-0.2, 0) is 23.9 Å². The minimum absolute atomic E-state index is 0.0317. The van der Waals surface area contributed by atoms with Gasteiger partial charge in [0, 0.05) is 17.0 Å². The predicted octanol–water partition coefficient (Wildman–Crippen LogP) is 4.29. The Morgan fingerprint density at radius 3 is 2.31 bits per heavy atom. The van der Waals surface area contributed by atoms with Crippen LogP contribution in [-0.4, -0.2) is 40.1 Å². The molecule has 0 spiro atoms. The summed E-state index contributed by atoms with van der Waals surface area (Å²) in [5, 5.41) is 5.27. The molecule has 0 bridgehead atoms. The van der Waals surface area contributed by atoms with Crippen molar-refractivity contribution in [2.45, 2.75) is 45.5 Å². The number of rotatable bonds is 3. The average Bonchev–Trinajstić information content (AvgIpc) is 3.08. The van der Waals surface area contributed by atoms with Gasteiger partial charge in [-0.25, -0.2) is 4.79 Å². The lowest BCUT2D eigenvalue weighted by Crippen LogP contribution is -2.39. The fraction of sp³-hybridized carbons (Fsp3) is 0.364. The van der Waals surface area contributed by atoms with E-state index in [0.29, 0.717) is 23.5 Å². The highest BCUT2D eigenvalue weighted by molar-refractivity contribution is 7.80. The average molecular weight is 529 g/mol. The van der Waals surface area contributed by atoms with Gasteiger partial charge in [-0.15, -0.1) is 11.3 Å². The second-order valence-corrected chi connectivity index (χ2v) is 10.2. The summed E-state index contributed by atoms with van der Waals surface area (Å²) >= 11 is 6.32. The van der Waals surface area contributed by atoms with Crippen LogP contribution >= 0.6 is 23.6 Å². The highest BCUT2D eigenvalue weighted by Crippen LogP contribution is 2.37. The zero-order valence-corrected chi connectivity index (χ0v) is 20.7. The Kier molecular flexibility index (Phi) is 7.41. The smallest absolute Gasteiger partial charge is 0.416 e. The van der Waals surface area contributed by atoms with Crippen molar-refractivity contribution in [3.05, 3.63) is 51.4 Å². The van der Waals surface area contributed by atoms with Gasteiger partial charge >= 0.3 is 12.3 Å². The molecule has 0 fully saturated rings. The Balaban J connectivity index is 1.72. The summed E-state index contributed by atoms with van der Waals surface area (Å²) in [4.78, 5) is 39.2. The van der Waals surface area contributed by atoms with E-state index in [9.17, 15) is 27.6 Å². The third kappa shape index (κ3) is 6.48. The van der Waals surface area contributed by atoms with Gasteiger partial charge in [0.25, 0.3) is 11.8 Å². The summed E-state index contributed by atoms with van der Waals surface area (Å²) in [6.07, 6.45) is -4.63. The van der Waals surface area contributed by atoms with Crippen LogP contribution < -0.4 is 16.4 Å². The number of alkyl halides is 3. The van der Waals surface area contributed by atoms with E-state index in [-0.39, 0.29) is 22.8 Å². The maximum atomic E-state index is 12.7. The van der Waals surface area contributed by atoms with Crippen molar-refractivity contribution in [3.8, 4) is 0 Å². The first-order chi connectivity index (χ1) is 16.2. The van der Waals surface area contributed by atoms with Gasteiger partial charge in [-0.1, -0.05) is 0 Å². The number of nitrogens with two attached hydrogens (primary N) is 1. The van der Waals surface area contributed by atoms with Gasteiger partial charge in [0.2, 0.25) is 0 Å². The summed E-state index contributed by atoms with van der Waals surface area (Å²) in [7, 11) is 0. The first kappa shape index (κ1) is 26.4. The molecule has 0 saturated heterocycles. The number of amides is 3. The monoisotopic (exact) mass is 528 g/mol. The van der Waals surface area contributed by atoms with Crippen molar-refractivity contribution in [1.29, 1.82) is 0 Å². The zero-order valence-electron chi connectivity index (χ0n) is 19.0. The van der Waals surface area contributed by atoms with Crippen molar-refractivity contribution in [1.82, 2.24) is 10.2 Å². The van der Waals surface area contributed by atoms with Crippen LogP contribution in [0.3, 0.4) is 0 Å². The maximum Gasteiger partial charge on any atom is 0.416 e. The first-order valence-corrected chi connectivity index (χ1v) is 11.6. The summed E-state index contributed by atoms with van der Waals surface area (Å²) in [5.74, 6) is -1.43. The number of thiophene rings is 1. The predicted molar refractivity (Wildman–Crippen MR) is 128 cm³/mol. The lowest BCUT2D eigenvalue weighted by Gasteiger charge is -2.30. The fourth-order valence-corrected chi connectivity index (χ4v) is 4.89. The van der Waals surface area contributed by atoms with E-state index >= 15 is 0 Å². The molecule has 0 saturated carbocycles. The number of nitrogens with one attached hydrogen (secondary N) is 2. The molecule has 1 aromatic heterocycles. The van der Waals surface area contributed by atoms with Crippen molar-refractivity contribution in [3.63, 3.8) is 0 Å². The van der Waals surface area contributed by atoms with E-state index < -0.39 is 35.2 Å². The number of halogens is 3. The van der Waals surface area contributed by atoms with E-state index in [1.807, 2.05) is 0 Å². The molecule has 13 heteroatoms. The number of primary amides is 1. The summed E-state index contributed by atoms with van der Waals surface area (Å²) in [6.45, 7) is 5.82. The molecular weight excluding hydrogens is 505 g/mol. The Morgan fingerprint density at radius 1 is 1.14 bits per heavy atom. The number of hydrogen-bond acceptors (Lipinski definition) is 6. The van der Waals surface area contributed by atoms with Crippen molar-refractivity contribution in [2.75, 3.05) is 11.9 Å².